The average Bonchev–Trinajstić information content (AvgIpc) is 2.24. The van der Waals surface area contributed by atoms with Gasteiger partial charge in [0.25, 0.3) is 0 Å². The number of aromatic nitrogens is 1. The van der Waals surface area contributed by atoms with Gasteiger partial charge in [-0.15, -0.1) is 0 Å². The molecule has 1 aromatic rings. The summed E-state index contributed by atoms with van der Waals surface area (Å²) in [5.74, 6) is 0.719. The van der Waals surface area contributed by atoms with Crippen LogP contribution in [0.5, 0.6) is 5.88 Å². The fraction of sp³-hybridized carbons (Fsp3) is 0.615. The van der Waals surface area contributed by atoms with E-state index in [1.807, 2.05) is 13.0 Å². The van der Waals surface area contributed by atoms with Crippen LogP contribution in [0.3, 0.4) is 0 Å². The summed E-state index contributed by atoms with van der Waals surface area (Å²) in [6.07, 6.45) is 3.48. The lowest BCUT2D eigenvalue weighted by Gasteiger charge is -2.12. The molecule has 3 nitrogen and oxygen atoms in total. The molecule has 1 aromatic heterocycles. The molecule has 1 heterocycles. The molecule has 0 saturated heterocycles. The Labute approximate surface area is 98.0 Å². The Bertz CT molecular complexity index is 337. The fourth-order valence-corrected chi connectivity index (χ4v) is 1.72. The summed E-state index contributed by atoms with van der Waals surface area (Å²) < 4.78 is 5.70. The lowest BCUT2D eigenvalue weighted by molar-refractivity contribution is 0.291. The number of ether oxygens (including phenoxy) is 1. The fourth-order valence-electron chi connectivity index (χ4n) is 1.72. The number of unbranched alkanes of at least 4 members (excludes halogenated alkanes) is 2. The summed E-state index contributed by atoms with van der Waals surface area (Å²) >= 11 is 0. The van der Waals surface area contributed by atoms with Crippen molar-refractivity contribution in [1.29, 1.82) is 0 Å². The molecule has 0 spiro atoms. The van der Waals surface area contributed by atoms with Crippen molar-refractivity contribution in [2.24, 2.45) is 5.73 Å². The van der Waals surface area contributed by atoms with Gasteiger partial charge < -0.3 is 10.5 Å². The smallest absolute Gasteiger partial charge is 0.218 e. The van der Waals surface area contributed by atoms with Crippen LogP contribution in [-0.4, -0.2) is 11.6 Å². The molecule has 16 heavy (non-hydrogen) atoms. The van der Waals surface area contributed by atoms with Crippen molar-refractivity contribution in [2.75, 3.05) is 6.61 Å². The highest BCUT2D eigenvalue weighted by Gasteiger charge is 2.08. The molecule has 0 aromatic carbocycles. The van der Waals surface area contributed by atoms with Crippen LogP contribution >= 0.6 is 0 Å². The molecule has 0 bridgehead atoms. The third kappa shape index (κ3) is 3.49. The molecule has 0 saturated carbocycles. The lowest BCUT2D eigenvalue weighted by atomic mass is 10.1. The van der Waals surface area contributed by atoms with E-state index in [4.69, 9.17) is 10.5 Å². The molecule has 2 N–H and O–H groups in total. The van der Waals surface area contributed by atoms with Gasteiger partial charge in [0.2, 0.25) is 5.88 Å². The van der Waals surface area contributed by atoms with E-state index in [0.717, 1.165) is 30.2 Å². The van der Waals surface area contributed by atoms with Gasteiger partial charge in [0.1, 0.15) is 0 Å². The highest BCUT2D eigenvalue weighted by molar-refractivity contribution is 5.35. The maximum Gasteiger partial charge on any atom is 0.218 e. The van der Waals surface area contributed by atoms with Crippen LogP contribution in [0.1, 0.15) is 43.0 Å². The van der Waals surface area contributed by atoms with E-state index < -0.39 is 0 Å². The number of pyridine rings is 1. The SMILES string of the molecule is CCCCCOc1nc(C)cc(C)c1CN. The zero-order valence-electron chi connectivity index (χ0n) is 10.5. The molecular weight excluding hydrogens is 200 g/mol. The maximum atomic E-state index is 5.71. The van der Waals surface area contributed by atoms with Gasteiger partial charge in [-0.1, -0.05) is 19.8 Å². The predicted molar refractivity (Wildman–Crippen MR) is 66.6 cm³/mol. The first kappa shape index (κ1) is 13.0. The highest BCUT2D eigenvalue weighted by Crippen LogP contribution is 2.20. The summed E-state index contributed by atoms with van der Waals surface area (Å²) in [4.78, 5) is 4.40. The molecule has 0 fully saturated rings. The predicted octanol–water partition coefficient (Wildman–Crippen LogP) is 2.73. The van der Waals surface area contributed by atoms with Crippen molar-refractivity contribution in [3.05, 3.63) is 22.9 Å². The maximum absolute atomic E-state index is 5.71. The van der Waals surface area contributed by atoms with E-state index in [2.05, 4.69) is 18.8 Å². The molecule has 0 unspecified atom stereocenters. The van der Waals surface area contributed by atoms with E-state index in [-0.39, 0.29) is 0 Å². The molecular formula is C13H22N2O. The molecule has 0 aliphatic heterocycles. The number of hydrogen-bond acceptors (Lipinski definition) is 3. The van der Waals surface area contributed by atoms with Gasteiger partial charge in [0, 0.05) is 17.8 Å². The van der Waals surface area contributed by atoms with Crippen molar-refractivity contribution in [1.82, 2.24) is 4.98 Å². The molecule has 90 valence electrons. The Morgan fingerprint density at radius 1 is 1.31 bits per heavy atom. The van der Waals surface area contributed by atoms with Gasteiger partial charge in [0.05, 0.1) is 6.61 Å². The van der Waals surface area contributed by atoms with Crippen LogP contribution < -0.4 is 10.5 Å². The number of nitrogens with zero attached hydrogens (tertiary/aromatic N) is 1. The number of rotatable bonds is 6. The number of nitrogens with two attached hydrogens (primary N) is 1. The molecule has 0 aliphatic carbocycles. The van der Waals surface area contributed by atoms with E-state index in [1.54, 1.807) is 0 Å². The van der Waals surface area contributed by atoms with Gasteiger partial charge in [-0.3, -0.25) is 0 Å². The van der Waals surface area contributed by atoms with E-state index >= 15 is 0 Å². The number of hydrogen-bond donors (Lipinski definition) is 1. The summed E-state index contributed by atoms with van der Waals surface area (Å²) in [5, 5.41) is 0. The Morgan fingerprint density at radius 3 is 2.69 bits per heavy atom. The quantitative estimate of drug-likeness (QED) is 0.753. The van der Waals surface area contributed by atoms with Crippen molar-refractivity contribution >= 4 is 0 Å². The molecule has 0 radical (unpaired) electrons. The van der Waals surface area contributed by atoms with Crippen molar-refractivity contribution < 1.29 is 4.74 Å². The largest absolute Gasteiger partial charge is 0.477 e. The third-order valence-electron chi connectivity index (χ3n) is 2.63. The molecule has 0 aliphatic rings. The van der Waals surface area contributed by atoms with Crippen molar-refractivity contribution in [3.8, 4) is 5.88 Å². The monoisotopic (exact) mass is 222 g/mol. The first-order valence-corrected chi connectivity index (χ1v) is 5.99. The molecule has 0 atom stereocenters. The van der Waals surface area contributed by atoms with Gasteiger partial charge >= 0.3 is 0 Å². The first-order chi connectivity index (χ1) is 7.69. The lowest BCUT2D eigenvalue weighted by Crippen LogP contribution is -2.08. The summed E-state index contributed by atoms with van der Waals surface area (Å²) in [6, 6.07) is 2.04. The van der Waals surface area contributed by atoms with Crippen LogP contribution in [0.4, 0.5) is 0 Å². The number of aryl methyl sites for hydroxylation is 2. The van der Waals surface area contributed by atoms with Crippen molar-refractivity contribution in [3.63, 3.8) is 0 Å². The zero-order chi connectivity index (χ0) is 12.0. The Hall–Kier alpha value is -1.09. The Balaban J connectivity index is 2.69. The van der Waals surface area contributed by atoms with Crippen LogP contribution in [0, 0.1) is 13.8 Å². The van der Waals surface area contributed by atoms with Gasteiger partial charge in [-0.2, -0.15) is 0 Å². The second-order valence-electron chi connectivity index (χ2n) is 4.12. The molecule has 3 heteroatoms. The third-order valence-corrected chi connectivity index (χ3v) is 2.63. The second-order valence-corrected chi connectivity index (χ2v) is 4.12. The van der Waals surface area contributed by atoms with Crippen LogP contribution in [-0.2, 0) is 6.54 Å². The van der Waals surface area contributed by atoms with Gasteiger partial charge in [-0.05, 0) is 31.9 Å². The van der Waals surface area contributed by atoms with E-state index in [0.29, 0.717) is 6.54 Å². The molecule has 0 amide bonds. The van der Waals surface area contributed by atoms with Crippen LogP contribution in [0.2, 0.25) is 0 Å². The minimum absolute atomic E-state index is 0.488. The van der Waals surface area contributed by atoms with Gasteiger partial charge in [-0.25, -0.2) is 4.98 Å². The van der Waals surface area contributed by atoms with Crippen LogP contribution in [0.15, 0.2) is 6.07 Å². The van der Waals surface area contributed by atoms with E-state index in [1.165, 1.54) is 18.4 Å². The summed E-state index contributed by atoms with van der Waals surface area (Å²) in [5.41, 5.74) is 8.90. The first-order valence-electron chi connectivity index (χ1n) is 5.99. The minimum Gasteiger partial charge on any atom is -0.477 e. The molecule has 1 rings (SSSR count). The van der Waals surface area contributed by atoms with Crippen LogP contribution in [0.25, 0.3) is 0 Å². The van der Waals surface area contributed by atoms with E-state index in [9.17, 15) is 0 Å². The minimum atomic E-state index is 0.488. The highest BCUT2D eigenvalue weighted by atomic mass is 16.5. The van der Waals surface area contributed by atoms with Crippen molar-refractivity contribution in [2.45, 2.75) is 46.6 Å². The average molecular weight is 222 g/mol. The second kappa shape index (κ2) is 6.48. The summed E-state index contributed by atoms with van der Waals surface area (Å²) in [7, 11) is 0. The zero-order valence-corrected chi connectivity index (χ0v) is 10.5. The normalized spacial score (nSPS) is 10.5. The Morgan fingerprint density at radius 2 is 2.06 bits per heavy atom. The topological polar surface area (TPSA) is 48.1 Å². The Kier molecular flexibility index (Phi) is 5.26. The standard InChI is InChI=1S/C13H22N2O/c1-4-5-6-7-16-13-12(9-14)10(2)8-11(3)15-13/h8H,4-7,9,14H2,1-3H3. The van der Waals surface area contributed by atoms with Gasteiger partial charge in [0.15, 0.2) is 0 Å². The summed E-state index contributed by atoms with van der Waals surface area (Å²) in [6.45, 7) is 7.43.